The number of hydrogen-bond acceptors (Lipinski definition) is 3. The molecular weight excluding hydrogens is 374 g/mol. The summed E-state index contributed by atoms with van der Waals surface area (Å²) < 4.78 is 0.936. The molecule has 3 rings (SSSR count). The molecule has 1 saturated heterocycles. The number of carbonyl (C=O) groups excluding carboxylic acids is 3. The minimum atomic E-state index is -0.392. The van der Waals surface area contributed by atoms with Crippen molar-refractivity contribution in [2.75, 3.05) is 11.9 Å². The molecule has 2 aromatic carbocycles. The number of hydrogen-bond donors (Lipinski definition) is 2. The van der Waals surface area contributed by atoms with Gasteiger partial charge in [0.1, 0.15) is 0 Å². The molecule has 1 aliphatic rings. The number of anilines is 1. The van der Waals surface area contributed by atoms with Crippen LogP contribution in [0.4, 0.5) is 10.5 Å². The van der Waals surface area contributed by atoms with Gasteiger partial charge in [-0.05, 0) is 42.0 Å². The Labute approximate surface area is 147 Å². The SMILES string of the molecule is O=C(Nc1ccc(Br)cc1)c1ccc(CN2C(=O)CNC2=O)cc1. The highest BCUT2D eigenvalue weighted by Crippen LogP contribution is 2.16. The standard InChI is InChI=1S/C17H14BrN3O3/c18-13-5-7-14(8-6-13)20-16(23)12-3-1-11(2-4-12)10-21-15(22)9-19-17(21)24/h1-8H,9-10H2,(H,19,24)(H,20,23). The molecular formula is C17H14BrN3O3. The van der Waals surface area contributed by atoms with Crippen LogP contribution in [0.2, 0.25) is 0 Å². The Kier molecular flexibility index (Phi) is 4.61. The molecule has 0 atom stereocenters. The molecule has 0 bridgehead atoms. The van der Waals surface area contributed by atoms with E-state index in [0.29, 0.717) is 11.3 Å². The van der Waals surface area contributed by atoms with Crippen LogP contribution in [0.5, 0.6) is 0 Å². The van der Waals surface area contributed by atoms with Gasteiger partial charge in [0.05, 0.1) is 13.1 Å². The maximum atomic E-state index is 12.2. The quantitative estimate of drug-likeness (QED) is 0.791. The van der Waals surface area contributed by atoms with E-state index in [4.69, 9.17) is 0 Å². The summed E-state index contributed by atoms with van der Waals surface area (Å²) in [5.74, 6) is -0.476. The second-order valence-corrected chi connectivity index (χ2v) is 6.21. The van der Waals surface area contributed by atoms with Gasteiger partial charge < -0.3 is 10.6 Å². The van der Waals surface area contributed by atoms with Crippen LogP contribution in [0.15, 0.2) is 53.0 Å². The first-order valence-corrected chi connectivity index (χ1v) is 8.06. The van der Waals surface area contributed by atoms with Crippen molar-refractivity contribution in [3.05, 3.63) is 64.1 Å². The largest absolute Gasteiger partial charge is 0.329 e. The molecule has 122 valence electrons. The summed E-state index contributed by atoms with van der Waals surface area (Å²) in [5.41, 5.74) is 1.98. The second kappa shape index (κ2) is 6.84. The lowest BCUT2D eigenvalue weighted by Gasteiger charge is -2.12. The van der Waals surface area contributed by atoms with Crippen molar-refractivity contribution < 1.29 is 14.4 Å². The van der Waals surface area contributed by atoms with Crippen LogP contribution in [0.3, 0.4) is 0 Å². The Balaban J connectivity index is 1.65. The molecule has 0 aliphatic carbocycles. The van der Waals surface area contributed by atoms with Crippen LogP contribution in [0, 0.1) is 0 Å². The number of nitrogens with one attached hydrogen (secondary N) is 2. The molecule has 6 nitrogen and oxygen atoms in total. The summed E-state index contributed by atoms with van der Waals surface area (Å²) in [6, 6.07) is 13.7. The molecule has 2 aromatic rings. The summed E-state index contributed by atoms with van der Waals surface area (Å²) in [6.45, 7) is 0.228. The van der Waals surface area contributed by atoms with Crippen molar-refractivity contribution >= 4 is 39.5 Å². The van der Waals surface area contributed by atoms with E-state index in [1.807, 2.05) is 12.1 Å². The number of nitrogens with zero attached hydrogens (tertiary/aromatic N) is 1. The number of rotatable bonds is 4. The van der Waals surface area contributed by atoms with Gasteiger partial charge in [-0.2, -0.15) is 0 Å². The molecule has 1 aliphatic heterocycles. The van der Waals surface area contributed by atoms with Crippen molar-refractivity contribution in [2.24, 2.45) is 0 Å². The number of carbonyl (C=O) groups is 3. The summed E-state index contributed by atoms with van der Waals surface area (Å²) >= 11 is 3.34. The predicted molar refractivity (Wildman–Crippen MR) is 92.5 cm³/mol. The Hall–Kier alpha value is -2.67. The normalized spacial score (nSPS) is 13.8. The van der Waals surface area contributed by atoms with Crippen molar-refractivity contribution in [3.8, 4) is 0 Å². The third kappa shape index (κ3) is 3.62. The average Bonchev–Trinajstić information content (AvgIpc) is 2.89. The Morgan fingerprint density at radius 1 is 1.08 bits per heavy atom. The van der Waals surface area contributed by atoms with E-state index in [1.165, 1.54) is 0 Å². The molecule has 0 unspecified atom stereocenters. The van der Waals surface area contributed by atoms with Gasteiger partial charge in [-0.3, -0.25) is 14.5 Å². The summed E-state index contributed by atoms with van der Waals surface area (Å²) in [4.78, 5) is 36.4. The van der Waals surface area contributed by atoms with Crippen LogP contribution in [-0.2, 0) is 11.3 Å². The van der Waals surface area contributed by atoms with E-state index in [1.54, 1.807) is 36.4 Å². The smallest absolute Gasteiger partial charge is 0.324 e. The lowest BCUT2D eigenvalue weighted by Crippen LogP contribution is -2.30. The predicted octanol–water partition coefficient (Wildman–Crippen LogP) is 2.75. The highest BCUT2D eigenvalue weighted by atomic mass is 79.9. The van der Waals surface area contributed by atoms with E-state index >= 15 is 0 Å². The van der Waals surface area contributed by atoms with Gasteiger partial charge in [0.2, 0.25) is 5.91 Å². The van der Waals surface area contributed by atoms with E-state index < -0.39 is 6.03 Å². The molecule has 0 aromatic heterocycles. The molecule has 1 fully saturated rings. The second-order valence-electron chi connectivity index (χ2n) is 5.30. The van der Waals surface area contributed by atoms with Gasteiger partial charge >= 0.3 is 6.03 Å². The number of halogens is 1. The first-order valence-electron chi connectivity index (χ1n) is 7.27. The zero-order valence-corrected chi connectivity index (χ0v) is 14.2. The lowest BCUT2D eigenvalue weighted by atomic mass is 10.1. The van der Waals surface area contributed by atoms with E-state index in [0.717, 1.165) is 14.9 Å². The molecule has 7 heteroatoms. The third-order valence-corrected chi connectivity index (χ3v) is 4.12. The zero-order valence-electron chi connectivity index (χ0n) is 12.6. The topological polar surface area (TPSA) is 78.5 Å². The molecule has 1 heterocycles. The number of imide groups is 1. The maximum Gasteiger partial charge on any atom is 0.324 e. The van der Waals surface area contributed by atoms with Crippen LogP contribution in [-0.4, -0.2) is 29.3 Å². The third-order valence-electron chi connectivity index (χ3n) is 3.60. The first-order chi connectivity index (χ1) is 11.5. The molecule has 2 N–H and O–H groups in total. The first kappa shape index (κ1) is 16.2. The van der Waals surface area contributed by atoms with E-state index in [-0.39, 0.29) is 24.9 Å². The number of benzene rings is 2. The minimum absolute atomic E-state index is 0.0342. The Morgan fingerprint density at radius 3 is 2.33 bits per heavy atom. The number of amides is 4. The summed E-state index contributed by atoms with van der Waals surface area (Å²) in [6.07, 6.45) is 0. The zero-order chi connectivity index (χ0) is 17.1. The van der Waals surface area contributed by atoms with Crippen molar-refractivity contribution in [3.63, 3.8) is 0 Å². The van der Waals surface area contributed by atoms with Crippen molar-refractivity contribution in [1.82, 2.24) is 10.2 Å². The fourth-order valence-corrected chi connectivity index (χ4v) is 2.56. The van der Waals surface area contributed by atoms with Gasteiger partial charge in [-0.25, -0.2) is 4.79 Å². The highest BCUT2D eigenvalue weighted by Gasteiger charge is 2.28. The lowest BCUT2D eigenvalue weighted by molar-refractivity contribution is -0.125. The Morgan fingerprint density at radius 2 is 1.75 bits per heavy atom. The van der Waals surface area contributed by atoms with Crippen LogP contribution in [0.1, 0.15) is 15.9 Å². The molecule has 0 radical (unpaired) electrons. The van der Waals surface area contributed by atoms with Crippen LogP contribution < -0.4 is 10.6 Å². The minimum Gasteiger partial charge on any atom is -0.329 e. The van der Waals surface area contributed by atoms with E-state index in [9.17, 15) is 14.4 Å². The van der Waals surface area contributed by atoms with Crippen molar-refractivity contribution in [1.29, 1.82) is 0 Å². The fraction of sp³-hybridized carbons (Fsp3) is 0.118. The van der Waals surface area contributed by atoms with Gasteiger partial charge in [-0.15, -0.1) is 0 Å². The Bertz CT molecular complexity index is 772. The molecule has 0 saturated carbocycles. The highest BCUT2D eigenvalue weighted by molar-refractivity contribution is 9.10. The van der Waals surface area contributed by atoms with Gasteiger partial charge in [-0.1, -0.05) is 28.1 Å². The van der Waals surface area contributed by atoms with Gasteiger partial charge in [0, 0.05) is 15.7 Å². The fourth-order valence-electron chi connectivity index (χ4n) is 2.30. The molecule has 4 amide bonds. The van der Waals surface area contributed by atoms with Crippen LogP contribution in [0.25, 0.3) is 0 Å². The number of urea groups is 1. The molecule has 24 heavy (non-hydrogen) atoms. The molecule has 0 spiro atoms. The van der Waals surface area contributed by atoms with Crippen LogP contribution >= 0.6 is 15.9 Å². The summed E-state index contributed by atoms with van der Waals surface area (Å²) in [5, 5.41) is 5.27. The van der Waals surface area contributed by atoms with Gasteiger partial charge in [0.15, 0.2) is 0 Å². The average molecular weight is 388 g/mol. The van der Waals surface area contributed by atoms with E-state index in [2.05, 4.69) is 26.6 Å². The van der Waals surface area contributed by atoms with Crippen molar-refractivity contribution in [2.45, 2.75) is 6.54 Å². The maximum absolute atomic E-state index is 12.2. The monoisotopic (exact) mass is 387 g/mol. The summed E-state index contributed by atoms with van der Waals surface area (Å²) in [7, 11) is 0. The van der Waals surface area contributed by atoms with Gasteiger partial charge in [0.25, 0.3) is 5.91 Å².